The number of H-pyrrole nitrogens is 1. The van der Waals surface area contributed by atoms with Crippen molar-refractivity contribution in [2.75, 3.05) is 11.9 Å². The molecule has 4 rings (SSSR count). The zero-order valence-corrected chi connectivity index (χ0v) is 19.2. The highest BCUT2D eigenvalue weighted by molar-refractivity contribution is 5.74. The molecule has 0 unspecified atom stereocenters. The Kier molecular flexibility index (Phi) is 5.75. The van der Waals surface area contributed by atoms with Crippen LogP contribution in [0.15, 0.2) is 42.9 Å². The number of hydrogen-bond donors (Lipinski definition) is 2. The summed E-state index contributed by atoms with van der Waals surface area (Å²) >= 11 is 0. The fraction of sp³-hybridized carbons (Fsp3) is 0.458. The number of hydrogen-bond acceptors (Lipinski definition) is 5. The Morgan fingerprint density at radius 1 is 1.00 bits per heavy atom. The number of rotatable bonds is 5. The Morgan fingerprint density at radius 3 is 2.34 bits per heavy atom. The fourth-order valence-corrected chi connectivity index (χ4v) is 5.00. The molecule has 2 aromatic heterocycles. The molecule has 8 heteroatoms. The van der Waals surface area contributed by atoms with E-state index >= 15 is 0 Å². The van der Waals surface area contributed by atoms with E-state index in [9.17, 15) is 8.78 Å². The first-order valence-electron chi connectivity index (χ1n) is 10.8. The van der Waals surface area contributed by atoms with Crippen LogP contribution in [-0.4, -0.2) is 44.6 Å². The van der Waals surface area contributed by atoms with Gasteiger partial charge >= 0.3 is 0 Å². The van der Waals surface area contributed by atoms with Crippen LogP contribution in [-0.2, 0) is 0 Å². The number of halogens is 2. The van der Waals surface area contributed by atoms with Crippen LogP contribution in [0.4, 0.5) is 14.6 Å². The van der Waals surface area contributed by atoms with Crippen molar-refractivity contribution in [3.63, 3.8) is 0 Å². The first kappa shape index (κ1) is 22.3. The van der Waals surface area contributed by atoms with Crippen molar-refractivity contribution < 1.29 is 8.78 Å². The summed E-state index contributed by atoms with van der Waals surface area (Å²) in [7, 11) is 2.01. The Morgan fingerprint density at radius 2 is 1.72 bits per heavy atom. The molecule has 6 nitrogen and oxygen atoms in total. The molecule has 0 bridgehead atoms. The molecular formula is C24H30F2N6. The lowest BCUT2D eigenvalue weighted by atomic mass is 9.79. The lowest BCUT2D eigenvalue weighted by Gasteiger charge is -2.49. The number of aromatic amines is 1. The van der Waals surface area contributed by atoms with E-state index in [1.54, 1.807) is 24.7 Å². The molecule has 3 heterocycles. The van der Waals surface area contributed by atoms with E-state index in [1.165, 1.54) is 6.07 Å². The summed E-state index contributed by atoms with van der Waals surface area (Å²) in [5, 5.41) is 18.8. The molecule has 1 fully saturated rings. The van der Waals surface area contributed by atoms with Crippen molar-refractivity contribution in [3.8, 4) is 22.3 Å². The molecule has 1 aromatic carbocycles. The van der Waals surface area contributed by atoms with Gasteiger partial charge in [0.15, 0.2) is 5.82 Å². The molecule has 0 amide bonds. The van der Waals surface area contributed by atoms with E-state index in [1.807, 2.05) is 19.2 Å². The van der Waals surface area contributed by atoms with Gasteiger partial charge in [0.2, 0.25) is 0 Å². The van der Waals surface area contributed by atoms with E-state index in [2.05, 4.69) is 58.3 Å². The average Bonchev–Trinajstić information content (AvgIpc) is 3.25. The highest BCUT2D eigenvalue weighted by atomic mass is 19.3. The maximum absolute atomic E-state index is 14.0. The third-order valence-corrected chi connectivity index (χ3v) is 6.15. The van der Waals surface area contributed by atoms with Gasteiger partial charge < -0.3 is 10.2 Å². The second-order valence-corrected chi connectivity index (χ2v) is 9.96. The lowest BCUT2D eigenvalue weighted by Crippen LogP contribution is -2.62. The zero-order valence-electron chi connectivity index (χ0n) is 19.2. The van der Waals surface area contributed by atoms with E-state index in [0.29, 0.717) is 22.5 Å². The van der Waals surface area contributed by atoms with Gasteiger partial charge in [0.05, 0.1) is 12.4 Å². The monoisotopic (exact) mass is 440 g/mol. The van der Waals surface area contributed by atoms with Crippen LogP contribution in [0.3, 0.4) is 0 Å². The molecular weight excluding hydrogens is 410 g/mol. The highest BCUT2D eigenvalue weighted by Crippen LogP contribution is 2.36. The van der Waals surface area contributed by atoms with Crippen LogP contribution in [0.2, 0.25) is 0 Å². The zero-order chi connectivity index (χ0) is 23.1. The maximum atomic E-state index is 14.0. The Labute approximate surface area is 187 Å². The average molecular weight is 441 g/mol. The van der Waals surface area contributed by atoms with Crippen molar-refractivity contribution in [2.24, 2.45) is 0 Å². The van der Waals surface area contributed by atoms with Crippen molar-refractivity contribution in [2.45, 2.75) is 64.1 Å². The number of benzene rings is 1. The number of nitrogens with one attached hydrogen (secondary N) is 2. The highest BCUT2D eigenvalue weighted by Gasteiger charge is 2.39. The largest absolute Gasteiger partial charge is 0.355 e. The van der Waals surface area contributed by atoms with E-state index in [0.717, 1.165) is 18.4 Å². The summed E-state index contributed by atoms with van der Waals surface area (Å²) in [5.41, 5.74) is 2.48. The molecule has 0 atom stereocenters. The molecule has 0 spiro atoms. The number of aromatic nitrogens is 4. The predicted molar refractivity (Wildman–Crippen MR) is 123 cm³/mol. The van der Waals surface area contributed by atoms with Gasteiger partial charge in [-0.25, -0.2) is 8.78 Å². The van der Waals surface area contributed by atoms with Gasteiger partial charge in [-0.1, -0.05) is 12.1 Å². The first-order chi connectivity index (χ1) is 15.0. The Bertz CT molecular complexity index is 1060. The normalized spacial score (nSPS) is 18.1. The molecule has 0 radical (unpaired) electrons. The quantitative estimate of drug-likeness (QED) is 0.570. The van der Waals surface area contributed by atoms with Gasteiger partial charge in [-0.3, -0.25) is 5.10 Å². The van der Waals surface area contributed by atoms with Crippen molar-refractivity contribution in [3.05, 3.63) is 48.4 Å². The molecule has 32 heavy (non-hydrogen) atoms. The molecule has 0 aliphatic carbocycles. The molecule has 2 N–H and O–H groups in total. The van der Waals surface area contributed by atoms with Crippen LogP contribution < -0.4 is 10.2 Å². The van der Waals surface area contributed by atoms with Crippen LogP contribution in [0.5, 0.6) is 0 Å². The minimum Gasteiger partial charge on any atom is -0.355 e. The first-order valence-corrected chi connectivity index (χ1v) is 10.8. The standard InChI is InChI=1S/C24H30F2N6/c1-23(2)10-18(11-24(3,4)31-23)32(5)21-9-16(12-29-30-21)19-7-6-15(8-20(19)22(25)26)17-13-27-28-14-17/h6-9,12-14,18,22,31H,10-11H2,1-5H3,(H,27,28). The molecule has 1 saturated heterocycles. The summed E-state index contributed by atoms with van der Waals surface area (Å²) in [6.07, 6.45) is 4.13. The SMILES string of the molecule is CN(c1cc(-c2ccc(-c3cn[nH]c3)cc2C(F)F)cnn1)C1CC(C)(C)NC(C)(C)C1. The van der Waals surface area contributed by atoms with Crippen LogP contribution >= 0.6 is 0 Å². The minimum atomic E-state index is -2.61. The molecule has 1 aliphatic heterocycles. The van der Waals surface area contributed by atoms with Gasteiger partial charge in [0, 0.05) is 47.1 Å². The summed E-state index contributed by atoms with van der Waals surface area (Å²) in [6, 6.07) is 7.18. The maximum Gasteiger partial charge on any atom is 0.264 e. The second-order valence-electron chi connectivity index (χ2n) is 9.96. The van der Waals surface area contributed by atoms with E-state index in [-0.39, 0.29) is 22.7 Å². The molecule has 0 saturated carbocycles. The van der Waals surface area contributed by atoms with Crippen LogP contribution in [0, 0.1) is 0 Å². The lowest BCUT2D eigenvalue weighted by molar-refractivity contribution is 0.152. The summed E-state index contributed by atoms with van der Waals surface area (Å²) in [5.74, 6) is 0.681. The minimum absolute atomic E-state index is 0.0164. The third-order valence-electron chi connectivity index (χ3n) is 6.15. The van der Waals surface area contributed by atoms with E-state index < -0.39 is 6.43 Å². The summed E-state index contributed by atoms with van der Waals surface area (Å²) in [6.45, 7) is 8.81. The number of alkyl halides is 2. The number of piperidine rings is 1. The van der Waals surface area contributed by atoms with E-state index in [4.69, 9.17) is 0 Å². The number of nitrogens with zero attached hydrogens (tertiary/aromatic N) is 4. The fourth-order valence-electron chi connectivity index (χ4n) is 5.00. The van der Waals surface area contributed by atoms with Gasteiger partial charge in [0.1, 0.15) is 0 Å². The third kappa shape index (κ3) is 4.65. The van der Waals surface area contributed by atoms with Gasteiger partial charge in [-0.05, 0) is 63.8 Å². The van der Waals surface area contributed by atoms with Gasteiger partial charge in [0.25, 0.3) is 6.43 Å². The van der Waals surface area contributed by atoms with Crippen LogP contribution in [0.25, 0.3) is 22.3 Å². The topological polar surface area (TPSA) is 69.7 Å². The van der Waals surface area contributed by atoms with Gasteiger partial charge in [-0.2, -0.15) is 10.2 Å². The molecule has 170 valence electrons. The Hall–Kier alpha value is -2.87. The summed E-state index contributed by atoms with van der Waals surface area (Å²) < 4.78 is 28.0. The number of anilines is 1. The van der Waals surface area contributed by atoms with Gasteiger partial charge in [-0.15, -0.1) is 5.10 Å². The Balaban J connectivity index is 1.67. The summed E-state index contributed by atoms with van der Waals surface area (Å²) in [4.78, 5) is 2.13. The van der Waals surface area contributed by atoms with Crippen molar-refractivity contribution in [1.29, 1.82) is 0 Å². The van der Waals surface area contributed by atoms with Crippen molar-refractivity contribution >= 4 is 5.82 Å². The smallest absolute Gasteiger partial charge is 0.264 e. The molecule has 1 aliphatic rings. The van der Waals surface area contributed by atoms with Crippen LogP contribution in [0.1, 0.15) is 52.5 Å². The second kappa shape index (κ2) is 8.24. The van der Waals surface area contributed by atoms with Crippen molar-refractivity contribution in [1.82, 2.24) is 25.7 Å². The predicted octanol–water partition coefficient (Wildman–Crippen LogP) is 5.22. The molecule has 3 aromatic rings.